The second-order valence-corrected chi connectivity index (χ2v) is 8.32. The summed E-state index contributed by atoms with van der Waals surface area (Å²) in [6, 6.07) is 3.94. The Morgan fingerprint density at radius 2 is 2.11 bits per heavy atom. The highest BCUT2D eigenvalue weighted by Gasteiger charge is 2.37. The summed E-state index contributed by atoms with van der Waals surface area (Å²) in [6.07, 6.45) is -6.60. The third-order valence-corrected chi connectivity index (χ3v) is 4.80. The van der Waals surface area contributed by atoms with Gasteiger partial charge in [0.05, 0.1) is 18.6 Å². The van der Waals surface area contributed by atoms with Crippen molar-refractivity contribution in [3.05, 3.63) is 28.2 Å². The molecule has 1 aromatic rings. The van der Waals surface area contributed by atoms with Crippen molar-refractivity contribution in [1.82, 2.24) is 10.6 Å². The summed E-state index contributed by atoms with van der Waals surface area (Å²) in [7, 11) is 0. The number of fused-ring (bicyclic) bond motifs is 1. The van der Waals surface area contributed by atoms with Gasteiger partial charge in [0, 0.05) is 36.0 Å². The predicted octanol–water partition coefficient (Wildman–Crippen LogP) is 3.46. The normalized spacial score (nSPS) is 21.0. The molecule has 1 aromatic carbocycles. The number of carbonyl (C=O) groups excluding carboxylic acids is 1. The van der Waals surface area contributed by atoms with Gasteiger partial charge in [-0.2, -0.15) is 13.2 Å². The maximum Gasteiger partial charge on any atom is 0.391 e. The lowest BCUT2D eigenvalue weighted by atomic mass is 9.89. The van der Waals surface area contributed by atoms with Crippen molar-refractivity contribution in [3.8, 4) is 5.75 Å². The molecule has 0 radical (unpaired) electrons. The summed E-state index contributed by atoms with van der Waals surface area (Å²) in [5.74, 6) is 0.0694. The molecule has 27 heavy (non-hydrogen) atoms. The van der Waals surface area contributed by atoms with Crippen molar-refractivity contribution < 1.29 is 27.8 Å². The first-order valence-electron chi connectivity index (χ1n) is 8.60. The van der Waals surface area contributed by atoms with E-state index in [0.717, 1.165) is 17.0 Å². The van der Waals surface area contributed by atoms with E-state index in [1.54, 1.807) is 0 Å². The van der Waals surface area contributed by atoms with E-state index in [9.17, 15) is 23.1 Å². The van der Waals surface area contributed by atoms with Crippen LogP contribution in [0.2, 0.25) is 0 Å². The van der Waals surface area contributed by atoms with Crippen LogP contribution in [-0.2, 0) is 4.79 Å². The summed E-state index contributed by atoms with van der Waals surface area (Å²) in [4.78, 5) is 11.2. The largest absolute Gasteiger partial charge is 0.487 e. The third kappa shape index (κ3) is 6.65. The summed E-state index contributed by atoms with van der Waals surface area (Å²) >= 11 is 3.40. The molecule has 1 aliphatic heterocycles. The molecular formula is C18H24BrF3N2O3. The van der Waals surface area contributed by atoms with Crippen LogP contribution >= 0.6 is 15.9 Å². The second kappa shape index (κ2) is 8.36. The molecule has 5 nitrogen and oxygen atoms in total. The van der Waals surface area contributed by atoms with Gasteiger partial charge in [-0.05, 0) is 32.0 Å². The molecule has 0 aliphatic carbocycles. The van der Waals surface area contributed by atoms with E-state index < -0.39 is 36.3 Å². The molecule has 0 bridgehead atoms. The number of halogens is 4. The molecule has 1 amide bonds. The topological polar surface area (TPSA) is 70.6 Å². The quantitative estimate of drug-likeness (QED) is 0.617. The van der Waals surface area contributed by atoms with E-state index in [1.165, 1.54) is 0 Å². The molecule has 0 saturated carbocycles. The van der Waals surface area contributed by atoms with Crippen LogP contribution in [0.4, 0.5) is 13.2 Å². The number of ether oxygens (including phenoxy) is 1. The maximum absolute atomic E-state index is 12.8. The monoisotopic (exact) mass is 452 g/mol. The molecular weight excluding hydrogens is 429 g/mol. The zero-order valence-corrected chi connectivity index (χ0v) is 16.9. The Bertz CT molecular complexity index is 682. The van der Waals surface area contributed by atoms with Gasteiger partial charge in [-0.25, -0.2) is 0 Å². The Morgan fingerprint density at radius 1 is 1.44 bits per heavy atom. The van der Waals surface area contributed by atoms with Crippen LogP contribution in [0, 0.1) is 0 Å². The number of aliphatic hydroxyl groups excluding tert-OH is 1. The molecule has 0 saturated heterocycles. The standard InChI is InChI=1S/C18H24BrF3N2O3/c1-10(25)24-14(8-18(20,21)22)15(26)9-23-13-7-17(2,3)27-16-5-4-11(19)6-12(13)16/h4-6,13-15,23,26H,7-9H2,1-3H3,(H,24,25)/t13-,14-,15-/m0/s1. The zero-order valence-electron chi connectivity index (χ0n) is 15.4. The number of benzene rings is 1. The number of hydrogen-bond acceptors (Lipinski definition) is 4. The summed E-state index contributed by atoms with van der Waals surface area (Å²) in [5, 5.41) is 15.6. The Hall–Kier alpha value is -1.32. The Labute approximate surface area is 164 Å². The summed E-state index contributed by atoms with van der Waals surface area (Å²) in [6.45, 7) is 4.87. The Kier molecular flexibility index (Phi) is 6.81. The average molecular weight is 453 g/mol. The van der Waals surface area contributed by atoms with Gasteiger partial charge in [-0.3, -0.25) is 4.79 Å². The van der Waals surface area contributed by atoms with Crippen molar-refractivity contribution in [3.63, 3.8) is 0 Å². The van der Waals surface area contributed by atoms with Gasteiger partial charge in [0.1, 0.15) is 11.4 Å². The molecule has 0 unspecified atom stereocenters. The van der Waals surface area contributed by atoms with E-state index in [4.69, 9.17) is 4.74 Å². The van der Waals surface area contributed by atoms with Crippen LogP contribution in [-0.4, -0.2) is 41.5 Å². The molecule has 9 heteroatoms. The number of aliphatic hydroxyl groups is 1. The van der Waals surface area contributed by atoms with Crippen LogP contribution in [0.25, 0.3) is 0 Å². The van der Waals surface area contributed by atoms with Gasteiger partial charge in [0.15, 0.2) is 0 Å². The van der Waals surface area contributed by atoms with E-state index in [1.807, 2.05) is 32.0 Å². The zero-order chi connectivity index (χ0) is 20.4. The molecule has 3 N–H and O–H groups in total. The first-order valence-corrected chi connectivity index (χ1v) is 9.39. The molecule has 1 heterocycles. The number of amides is 1. The average Bonchev–Trinajstić information content (AvgIpc) is 2.49. The van der Waals surface area contributed by atoms with Crippen LogP contribution in [0.1, 0.15) is 45.2 Å². The van der Waals surface area contributed by atoms with Crippen LogP contribution in [0.15, 0.2) is 22.7 Å². The van der Waals surface area contributed by atoms with Gasteiger partial charge in [0.2, 0.25) is 5.91 Å². The maximum atomic E-state index is 12.8. The Balaban J connectivity index is 2.11. The smallest absolute Gasteiger partial charge is 0.391 e. The van der Waals surface area contributed by atoms with Gasteiger partial charge in [-0.1, -0.05) is 15.9 Å². The molecule has 0 fully saturated rings. The minimum atomic E-state index is -4.49. The predicted molar refractivity (Wildman–Crippen MR) is 98.5 cm³/mol. The lowest BCUT2D eigenvalue weighted by Crippen LogP contribution is -2.50. The highest BCUT2D eigenvalue weighted by atomic mass is 79.9. The van der Waals surface area contributed by atoms with Gasteiger partial charge >= 0.3 is 6.18 Å². The number of nitrogens with one attached hydrogen (secondary N) is 2. The summed E-state index contributed by atoms with van der Waals surface area (Å²) < 4.78 is 45.1. The van der Waals surface area contributed by atoms with Gasteiger partial charge < -0.3 is 20.5 Å². The van der Waals surface area contributed by atoms with E-state index in [0.29, 0.717) is 12.2 Å². The highest BCUT2D eigenvalue weighted by Crippen LogP contribution is 2.40. The first-order chi connectivity index (χ1) is 12.4. The van der Waals surface area contributed by atoms with Gasteiger partial charge in [-0.15, -0.1) is 0 Å². The fourth-order valence-electron chi connectivity index (χ4n) is 3.21. The number of rotatable bonds is 6. The first kappa shape index (κ1) is 22.0. The van der Waals surface area contributed by atoms with Crippen LogP contribution in [0.3, 0.4) is 0 Å². The van der Waals surface area contributed by atoms with Crippen molar-refractivity contribution in [2.24, 2.45) is 0 Å². The third-order valence-electron chi connectivity index (χ3n) is 4.31. The number of carbonyl (C=O) groups is 1. The molecule has 0 aromatic heterocycles. The van der Waals surface area contributed by atoms with Crippen molar-refractivity contribution in [1.29, 1.82) is 0 Å². The van der Waals surface area contributed by atoms with Crippen LogP contribution in [0.5, 0.6) is 5.75 Å². The number of alkyl halides is 3. The second-order valence-electron chi connectivity index (χ2n) is 7.40. The van der Waals surface area contributed by atoms with Crippen molar-refractivity contribution in [2.45, 2.75) is 63.6 Å². The SMILES string of the molecule is CC(=O)N[C@@H](CC(F)(F)F)[C@@H](O)CN[C@H]1CC(C)(C)Oc2ccc(Br)cc21. The van der Waals surface area contributed by atoms with Crippen molar-refractivity contribution in [2.75, 3.05) is 6.54 Å². The molecule has 0 spiro atoms. The van der Waals surface area contributed by atoms with Gasteiger partial charge in [0.25, 0.3) is 0 Å². The lowest BCUT2D eigenvalue weighted by molar-refractivity contribution is -0.148. The molecule has 1 aliphatic rings. The fourth-order valence-corrected chi connectivity index (χ4v) is 3.59. The fraction of sp³-hybridized carbons (Fsp3) is 0.611. The Morgan fingerprint density at radius 3 is 2.70 bits per heavy atom. The molecule has 2 rings (SSSR count). The summed E-state index contributed by atoms with van der Waals surface area (Å²) in [5.41, 5.74) is 0.398. The van der Waals surface area contributed by atoms with E-state index >= 15 is 0 Å². The van der Waals surface area contributed by atoms with E-state index in [-0.39, 0.29) is 12.6 Å². The van der Waals surface area contributed by atoms with Crippen LogP contribution < -0.4 is 15.4 Å². The molecule has 3 atom stereocenters. The highest BCUT2D eigenvalue weighted by molar-refractivity contribution is 9.10. The molecule has 152 valence electrons. The van der Waals surface area contributed by atoms with E-state index in [2.05, 4.69) is 26.6 Å². The number of hydrogen-bond donors (Lipinski definition) is 3. The minimum Gasteiger partial charge on any atom is -0.487 e. The van der Waals surface area contributed by atoms with Crippen molar-refractivity contribution >= 4 is 21.8 Å². The minimum absolute atomic E-state index is 0.103. The lowest BCUT2D eigenvalue weighted by Gasteiger charge is -2.38.